The Bertz CT molecular complexity index is 945. The Morgan fingerprint density at radius 2 is 2.07 bits per heavy atom. The van der Waals surface area contributed by atoms with E-state index in [0.29, 0.717) is 12.1 Å². The summed E-state index contributed by atoms with van der Waals surface area (Å²) < 4.78 is 0. The van der Waals surface area contributed by atoms with E-state index >= 15 is 0 Å². The normalized spacial score (nSPS) is 17.6. The molecule has 6 nitrogen and oxygen atoms in total. The molecule has 4 rings (SSSR count). The molecule has 1 aromatic carbocycles. The number of nitrogens with one attached hydrogen (secondary N) is 1. The third-order valence-corrected chi connectivity index (χ3v) is 5.25. The molecular weight excluding hydrogens is 338 g/mol. The second-order valence-electron chi connectivity index (χ2n) is 7.61. The Labute approximate surface area is 159 Å². The molecule has 0 bridgehead atoms. The predicted octanol–water partition coefficient (Wildman–Crippen LogP) is 3.80. The van der Waals surface area contributed by atoms with E-state index < -0.39 is 0 Å². The zero-order valence-corrected chi connectivity index (χ0v) is 16.1. The molecule has 0 saturated carbocycles. The first-order valence-corrected chi connectivity index (χ1v) is 9.60. The molecule has 0 spiro atoms. The number of amides is 1. The lowest BCUT2D eigenvalue weighted by Crippen LogP contribution is -2.39. The van der Waals surface area contributed by atoms with Crippen molar-refractivity contribution >= 4 is 16.9 Å². The van der Waals surface area contributed by atoms with E-state index in [2.05, 4.69) is 28.8 Å². The van der Waals surface area contributed by atoms with Crippen molar-refractivity contribution < 1.29 is 4.79 Å². The number of para-hydroxylation sites is 2. The number of nitrogens with zero attached hydrogens (tertiary/aromatic N) is 4. The van der Waals surface area contributed by atoms with Crippen LogP contribution in [0.1, 0.15) is 66.2 Å². The Morgan fingerprint density at radius 1 is 1.26 bits per heavy atom. The van der Waals surface area contributed by atoms with E-state index in [9.17, 15) is 4.79 Å². The Balaban J connectivity index is 1.55. The number of aromatic amines is 1. The number of carbonyl (C=O) groups is 1. The smallest absolute Gasteiger partial charge is 0.257 e. The van der Waals surface area contributed by atoms with Crippen molar-refractivity contribution in [1.82, 2.24) is 24.8 Å². The lowest BCUT2D eigenvalue weighted by molar-refractivity contribution is 0.0703. The van der Waals surface area contributed by atoms with Crippen LogP contribution < -0.4 is 0 Å². The fourth-order valence-corrected chi connectivity index (χ4v) is 3.69. The van der Waals surface area contributed by atoms with Gasteiger partial charge in [-0.2, -0.15) is 0 Å². The highest BCUT2D eigenvalue weighted by Crippen LogP contribution is 2.28. The minimum Gasteiger partial charge on any atom is -0.342 e. The Kier molecular flexibility index (Phi) is 4.64. The van der Waals surface area contributed by atoms with Crippen LogP contribution in [0, 0.1) is 6.92 Å². The maximum absolute atomic E-state index is 13.1. The molecule has 0 unspecified atom stereocenters. The number of carbonyl (C=O) groups excluding carboxylic acids is 1. The molecule has 1 N–H and O–H groups in total. The Morgan fingerprint density at radius 3 is 2.81 bits per heavy atom. The summed E-state index contributed by atoms with van der Waals surface area (Å²) in [6, 6.07) is 8.05. The fourth-order valence-electron chi connectivity index (χ4n) is 3.69. The summed E-state index contributed by atoms with van der Waals surface area (Å²) in [6.45, 7) is 7.43. The molecule has 140 valence electrons. The largest absolute Gasteiger partial charge is 0.342 e. The van der Waals surface area contributed by atoms with Gasteiger partial charge in [0.25, 0.3) is 5.91 Å². The maximum Gasteiger partial charge on any atom is 0.257 e. The number of aryl methyl sites for hydroxylation is 1. The second-order valence-corrected chi connectivity index (χ2v) is 7.61. The summed E-state index contributed by atoms with van der Waals surface area (Å²) >= 11 is 0. The fraction of sp³-hybridized carbons (Fsp3) is 0.429. The molecule has 3 aromatic rings. The van der Waals surface area contributed by atoms with Crippen LogP contribution in [0.2, 0.25) is 0 Å². The zero-order chi connectivity index (χ0) is 19.0. The minimum atomic E-state index is 0.0172. The number of H-pyrrole nitrogens is 1. The number of aromatic nitrogens is 4. The molecule has 1 aliphatic rings. The van der Waals surface area contributed by atoms with Gasteiger partial charge in [0.2, 0.25) is 0 Å². The molecule has 0 radical (unpaired) electrons. The van der Waals surface area contributed by atoms with Gasteiger partial charge in [-0.15, -0.1) is 0 Å². The number of likely N-dealkylation sites (tertiary alicyclic amines) is 1. The molecule has 3 heterocycles. The molecule has 6 heteroatoms. The van der Waals surface area contributed by atoms with Crippen LogP contribution in [0.3, 0.4) is 0 Å². The van der Waals surface area contributed by atoms with Crippen molar-refractivity contribution in [3.05, 3.63) is 53.4 Å². The summed E-state index contributed by atoms with van der Waals surface area (Å²) in [7, 11) is 0. The van der Waals surface area contributed by atoms with Crippen molar-refractivity contribution in [2.75, 3.05) is 13.1 Å². The SMILES string of the molecule is Cc1nc(C(C)C)ncc1C(=O)N1CCC[C@@H](c2nc3ccccc3[nH]2)C1. The highest BCUT2D eigenvalue weighted by molar-refractivity contribution is 5.95. The molecular formula is C21H25N5O. The van der Waals surface area contributed by atoms with E-state index in [0.717, 1.165) is 47.8 Å². The van der Waals surface area contributed by atoms with Crippen LogP contribution in [-0.4, -0.2) is 43.8 Å². The van der Waals surface area contributed by atoms with E-state index in [1.165, 1.54) is 0 Å². The van der Waals surface area contributed by atoms with Crippen LogP contribution in [-0.2, 0) is 0 Å². The number of fused-ring (bicyclic) bond motifs is 1. The molecule has 27 heavy (non-hydrogen) atoms. The van der Waals surface area contributed by atoms with E-state index in [1.807, 2.05) is 36.1 Å². The first-order chi connectivity index (χ1) is 13.0. The van der Waals surface area contributed by atoms with Gasteiger partial charge in [-0.25, -0.2) is 15.0 Å². The number of rotatable bonds is 3. The molecule has 1 fully saturated rings. The summed E-state index contributed by atoms with van der Waals surface area (Å²) in [6.07, 6.45) is 3.69. The number of piperidine rings is 1. The predicted molar refractivity (Wildman–Crippen MR) is 105 cm³/mol. The van der Waals surface area contributed by atoms with E-state index in [1.54, 1.807) is 6.20 Å². The van der Waals surface area contributed by atoms with Gasteiger partial charge < -0.3 is 9.88 Å². The van der Waals surface area contributed by atoms with Crippen LogP contribution in [0.25, 0.3) is 11.0 Å². The van der Waals surface area contributed by atoms with Crippen molar-refractivity contribution in [1.29, 1.82) is 0 Å². The van der Waals surface area contributed by atoms with Crippen LogP contribution >= 0.6 is 0 Å². The third-order valence-electron chi connectivity index (χ3n) is 5.25. The van der Waals surface area contributed by atoms with Gasteiger partial charge in [-0.3, -0.25) is 4.79 Å². The average Bonchev–Trinajstić information content (AvgIpc) is 3.12. The van der Waals surface area contributed by atoms with Crippen molar-refractivity contribution in [2.45, 2.75) is 45.4 Å². The monoisotopic (exact) mass is 363 g/mol. The number of hydrogen-bond acceptors (Lipinski definition) is 4. The van der Waals surface area contributed by atoms with E-state index in [-0.39, 0.29) is 17.7 Å². The van der Waals surface area contributed by atoms with Crippen LogP contribution in [0.4, 0.5) is 0 Å². The zero-order valence-electron chi connectivity index (χ0n) is 16.1. The number of hydrogen-bond donors (Lipinski definition) is 1. The molecule has 1 aliphatic heterocycles. The van der Waals surface area contributed by atoms with Crippen LogP contribution in [0.15, 0.2) is 30.5 Å². The maximum atomic E-state index is 13.1. The molecule has 2 aromatic heterocycles. The summed E-state index contributed by atoms with van der Waals surface area (Å²) in [5, 5.41) is 0. The Hall–Kier alpha value is -2.76. The summed E-state index contributed by atoms with van der Waals surface area (Å²) in [5.74, 6) is 2.25. The minimum absolute atomic E-state index is 0.0172. The van der Waals surface area contributed by atoms with Crippen molar-refractivity contribution in [3.8, 4) is 0 Å². The van der Waals surface area contributed by atoms with Gasteiger partial charge in [0.1, 0.15) is 11.6 Å². The first-order valence-electron chi connectivity index (χ1n) is 9.60. The molecule has 1 amide bonds. The number of benzene rings is 1. The number of imidazole rings is 1. The third kappa shape index (κ3) is 3.44. The van der Waals surface area contributed by atoms with Crippen molar-refractivity contribution in [2.24, 2.45) is 0 Å². The van der Waals surface area contributed by atoms with Crippen molar-refractivity contribution in [3.63, 3.8) is 0 Å². The highest BCUT2D eigenvalue weighted by Gasteiger charge is 2.28. The highest BCUT2D eigenvalue weighted by atomic mass is 16.2. The average molecular weight is 363 g/mol. The van der Waals surface area contributed by atoms with Crippen LogP contribution in [0.5, 0.6) is 0 Å². The lowest BCUT2D eigenvalue weighted by Gasteiger charge is -2.32. The topological polar surface area (TPSA) is 74.8 Å². The first kappa shape index (κ1) is 17.6. The standard InChI is InChI=1S/C21H25N5O/c1-13(2)19-22-11-16(14(3)23-19)21(27)26-10-6-7-15(12-26)20-24-17-8-4-5-9-18(17)25-20/h4-5,8-9,11,13,15H,6-7,10,12H2,1-3H3,(H,24,25)/t15-/m1/s1. The lowest BCUT2D eigenvalue weighted by atomic mass is 9.96. The van der Waals surface area contributed by atoms with Gasteiger partial charge in [0, 0.05) is 31.1 Å². The molecule has 0 aliphatic carbocycles. The van der Waals surface area contributed by atoms with Gasteiger partial charge in [-0.05, 0) is 31.9 Å². The van der Waals surface area contributed by atoms with Gasteiger partial charge >= 0.3 is 0 Å². The second kappa shape index (κ2) is 7.10. The van der Waals surface area contributed by atoms with Gasteiger partial charge in [0.15, 0.2) is 0 Å². The van der Waals surface area contributed by atoms with E-state index in [4.69, 9.17) is 4.98 Å². The molecule has 1 atom stereocenters. The summed E-state index contributed by atoms with van der Waals surface area (Å²) in [4.78, 5) is 32.0. The van der Waals surface area contributed by atoms with Gasteiger partial charge in [0.05, 0.1) is 22.3 Å². The summed E-state index contributed by atoms with van der Waals surface area (Å²) in [5.41, 5.74) is 3.38. The quantitative estimate of drug-likeness (QED) is 0.768. The molecule has 1 saturated heterocycles. The van der Waals surface area contributed by atoms with Gasteiger partial charge in [-0.1, -0.05) is 26.0 Å².